The van der Waals surface area contributed by atoms with Crippen molar-refractivity contribution in [3.05, 3.63) is 40.4 Å². The maximum Gasteiger partial charge on any atom is 0.299 e. The molecule has 0 fully saturated rings. The first-order valence-electron chi connectivity index (χ1n) is 2.66. The second-order valence-electron chi connectivity index (χ2n) is 1.63. The molecule has 0 amide bonds. The van der Waals surface area contributed by atoms with E-state index >= 15 is 0 Å². The van der Waals surface area contributed by atoms with Gasteiger partial charge in [-0.3, -0.25) is 4.84 Å². The number of benzene rings is 1. The Balaban J connectivity index is 0.000001000. The van der Waals surface area contributed by atoms with Gasteiger partial charge in [-0.25, -0.2) is 0 Å². The van der Waals surface area contributed by atoms with Gasteiger partial charge in [-0.05, 0) is 12.1 Å². The van der Waals surface area contributed by atoms with Crippen molar-refractivity contribution in [3.8, 4) is 5.75 Å². The summed E-state index contributed by atoms with van der Waals surface area (Å²) in [4.78, 5) is 13.9. The van der Waals surface area contributed by atoms with Crippen molar-refractivity contribution in [2.24, 2.45) is 0 Å². The first-order chi connectivity index (χ1) is 4.79. The molecule has 1 radical (unpaired) electrons. The van der Waals surface area contributed by atoms with Crippen LogP contribution in [-0.4, -0.2) is 34.6 Å². The van der Waals surface area contributed by atoms with Crippen LogP contribution in [0.1, 0.15) is 0 Å². The Morgan fingerprint density at radius 3 is 2.27 bits per heavy atom. The average molecular weight is 162 g/mol. The summed E-state index contributed by atoms with van der Waals surface area (Å²) in [6, 6.07) is 8.12. The van der Waals surface area contributed by atoms with Crippen molar-refractivity contribution in [1.82, 2.24) is 0 Å². The third-order valence-corrected chi connectivity index (χ3v) is 0.923. The van der Waals surface area contributed by atoms with E-state index in [9.17, 15) is 10.1 Å². The largest absolute Gasteiger partial charge is 0.299 e. The van der Waals surface area contributed by atoms with Crippen molar-refractivity contribution in [3.63, 3.8) is 0 Å². The fraction of sp³-hybridized carbons (Fsp3) is 0. The molecule has 0 unspecified atom stereocenters. The van der Waals surface area contributed by atoms with Crippen molar-refractivity contribution < 1.29 is 9.92 Å². The number of hydrogen-bond donors (Lipinski definition) is 0. The van der Waals surface area contributed by atoms with Gasteiger partial charge in [0, 0.05) is 29.6 Å². The molecule has 1 rings (SSSR count). The number of para-hydroxylation sites is 1. The fourth-order valence-electron chi connectivity index (χ4n) is 0.567. The van der Waals surface area contributed by atoms with E-state index in [0.717, 1.165) is 0 Å². The van der Waals surface area contributed by atoms with Crippen LogP contribution in [0.5, 0.6) is 5.75 Å². The molecule has 0 aliphatic carbocycles. The minimum absolute atomic E-state index is 0. The van der Waals surface area contributed by atoms with Gasteiger partial charge < -0.3 is 0 Å². The van der Waals surface area contributed by atoms with E-state index in [1.165, 1.54) is 12.1 Å². The molecule has 0 aromatic heterocycles. The molecule has 0 spiro atoms. The van der Waals surface area contributed by atoms with Gasteiger partial charge in [0.2, 0.25) is 0 Å². The Kier molecular flexibility index (Phi) is 4.85. The molecular formula is C6H5NNaO3. The SMILES string of the molecule is O=[N+]([O-])Oc1ccccc1.[Na]. The van der Waals surface area contributed by atoms with Gasteiger partial charge in [-0.15, -0.1) is 10.1 Å². The predicted molar refractivity (Wildman–Crippen MR) is 39.8 cm³/mol. The number of rotatable bonds is 2. The standard InChI is InChI=1S/C6H5NO3.Na/c8-7(9)10-6-4-2-1-3-5-6;/h1-5H;. The Bertz CT molecular complexity index is 227. The van der Waals surface area contributed by atoms with Crippen LogP contribution in [0.25, 0.3) is 0 Å². The van der Waals surface area contributed by atoms with Crippen LogP contribution < -0.4 is 4.84 Å². The topological polar surface area (TPSA) is 52.4 Å². The second kappa shape index (κ2) is 5.12. The van der Waals surface area contributed by atoms with Crippen LogP contribution in [0.3, 0.4) is 0 Å². The molecular weight excluding hydrogens is 157 g/mol. The number of hydrogen-bond acceptors (Lipinski definition) is 3. The van der Waals surface area contributed by atoms with Crippen LogP contribution >= 0.6 is 0 Å². The van der Waals surface area contributed by atoms with Gasteiger partial charge in [0.1, 0.15) is 5.75 Å². The zero-order valence-corrected chi connectivity index (χ0v) is 8.06. The normalized spacial score (nSPS) is 8.00. The quantitative estimate of drug-likeness (QED) is 0.368. The summed E-state index contributed by atoms with van der Waals surface area (Å²) in [5.41, 5.74) is 0. The molecule has 0 N–H and O–H groups in total. The average Bonchev–Trinajstić information content (AvgIpc) is 1.88. The van der Waals surface area contributed by atoms with E-state index in [4.69, 9.17) is 0 Å². The maximum atomic E-state index is 9.75. The number of nitrogens with zero attached hydrogens (tertiary/aromatic N) is 1. The molecule has 4 nitrogen and oxygen atoms in total. The zero-order chi connectivity index (χ0) is 7.40. The van der Waals surface area contributed by atoms with Crippen LogP contribution in [-0.2, 0) is 0 Å². The third kappa shape index (κ3) is 3.98. The first kappa shape index (κ1) is 10.4. The monoisotopic (exact) mass is 162 g/mol. The Morgan fingerprint density at radius 2 is 1.82 bits per heavy atom. The fourth-order valence-corrected chi connectivity index (χ4v) is 0.567. The summed E-state index contributed by atoms with van der Waals surface area (Å²) in [6.45, 7) is 0. The third-order valence-electron chi connectivity index (χ3n) is 0.923. The summed E-state index contributed by atoms with van der Waals surface area (Å²) in [6.07, 6.45) is 0. The molecule has 1 aromatic rings. The van der Waals surface area contributed by atoms with E-state index in [0.29, 0.717) is 0 Å². The molecule has 0 saturated heterocycles. The second-order valence-corrected chi connectivity index (χ2v) is 1.63. The van der Waals surface area contributed by atoms with Crippen LogP contribution in [0.15, 0.2) is 30.3 Å². The first-order valence-corrected chi connectivity index (χ1v) is 2.66. The van der Waals surface area contributed by atoms with Gasteiger partial charge in [-0.2, -0.15) is 0 Å². The Hall–Kier alpha value is -0.580. The van der Waals surface area contributed by atoms with Gasteiger partial charge in [-0.1, -0.05) is 18.2 Å². The summed E-state index contributed by atoms with van der Waals surface area (Å²) < 4.78 is 0. The van der Waals surface area contributed by atoms with Crippen molar-refractivity contribution >= 4 is 29.6 Å². The Morgan fingerprint density at radius 1 is 1.27 bits per heavy atom. The smallest absolute Gasteiger partial charge is 0.276 e. The van der Waals surface area contributed by atoms with Crippen molar-refractivity contribution in [1.29, 1.82) is 0 Å². The molecule has 0 atom stereocenters. The van der Waals surface area contributed by atoms with Crippen LogP contribution in [0.4, 0.5) is 0 Å². The van der Waals surface area contributed by atoms with Gasteiger partial charge >= 0.3 is 0 Å². The summed E-state index contributed by atoms with van der Waals surface area (Å²) >= 11 is 0. The predicted octanol–water partition coefficient (Wildman–Crippen LogP) is 0.876. The zero-order valence-electron chi connectivity index (χ0n) is 6.06. The molecule has 0 saturated carbocycles. The molecule has 11 heavy (non-hydrogen) atoms. The van der Waals surface area contributed by atoms with Crippen molar-refractivity contribution in [2.75, 3.05) is 0 Å². The van der Waals surface area contributed by atoms with Crippen molar-refractivity contribution in [2.45, 2.75) is 0 Å². The van der Waals surface area contributed by atoms with Crippen LogP contribution in [0, 0.1) is 10.1 Å². The molecule has 0 aliphatic rings. The minimum atomic E-state index is -0.838. The maximum absolute atomic E-state index is 9.75. The minimum Gasteiger partial charge on any atom is -0.276 e. The molecule has 0 aliphatic heterocycles. The summed E-state index contributed by atoms with van der Waals surface area (Å²) in [5.74, 6) is 0.243. The van der Waals surface area contributed by atoms with Gasteiger partial charge in [0.05, 0.1) is 0 Å². The molecule has 53 valence electrons. The molecule has 1 aromatic carbocycles. The van der Waals surface area contributed by atoms with Gasteiger partial charge in [0.15, 0.2) is 0 Å². The molecule has 0 heterocycles. The summed E-state index contributed by atoms with van der Waals surface area (Å²) in [5, 5.41) is 8.91. The summed E-state index contributed by atoms with van der Waals surface area (Å²) in [7, 11) is 0. The molecule has 0 bridgehead atoms. The van der Waals surface area contributed by atoms with E-state index in [-0.39, 0.29) is 35.3 Å². The van der Waals surface area contributed by atoms with E-state index in [1.54, 1.807) is 18.2 Å². The van der Waals surface area contributed by atoms with Crippen LogP contribution in [0.2, 0.25) is 0 Å². The molecule has 5 heteroatoms. The van der Waals surface area contributed by atoms with E-state index in [1.807, 2.05) is 0 Å². The Labute approximate surface area is 85.6 Å². The van der Waals surface area contributed by atoms with E-state index < -0.39 is 5.09 Å². The van der Waals surface area contributed by atoms with Gasteiger partial charge in [0.25, 0.3) is 5.09 Å². The van der Waals surface area contributed by atoms with E-state index in [2.05, 4.69) is 4.84 Å².